The number of likely N-dealkylation sites (N-methyl/N-ethyl adjacent to an activating group) is 1. The molecule has 144 valence electrons. The first kappa shape index (κ1) is 23.8. The number of guanidine groups is 1. The maximum absolute atomic E-state index is 12.5. The number of aliphatic imine (C=N–C) groups is 1. The van der Waals surface area contributed by atoms with Gasteiger partial charge in [0.25, 0.3) is 0 Å². The highest BCUT2D eigenvalue weighted by Crippen LogP contribution is 2.22. The number of benzene rings is 1. The monoisotopic (exact) mass is 470 g/mol. The summed E-state index contributed by atoms with van der Waals surface area (Å²) in [5.74, 6) is 0.826. The molecule has 0 bridgehead atoms. The predicted octanol–water partition coefficient (Wildman–Crippen LogP) is 3.22. The maximum atomic E-state index is 12.5. The number of ether oxygens (including phenoxy) is 1. The molecule has 1 rings (SSSR count). The van der Waals surface area contributed by atoms with Gasteiger partial charge in [-0.25, -0.2) is 4.99 Å². The van der Waals surface area contributed by atoms with E-state index in [-0.39, 0.29) is 36.3 Å². The van der Waals surface area contributed by atoms with E-state index in [0.29, 0.717) is 11.5 Å². The Balaban J connectivity index is 0.00000576. The van der Waals surface area contributed by atoms with Crippen molar-refractivity contribution in [3.8, 4) is 5.75 Å². The lowest BCUT2D eigenvalue weighted by molar-refractivity contribution is -0.0504. The van der Waals surface area contributed by atoms with Crippen LogP contribution in [0, 0.1) is 6.92 Å². The summed E-state index contributed by atoms with van der Waals surface area (Å²) < 4.78 is 29.6. The van der Waals surface area contributed by atoms with Crippen molar-refractivity contribution in [1.82, 2.24) is 15.5 Å². The summed E-state index contributed by atoms with van der Waals surface area (Å²) in [5, 5.41) is 6.39. The number of hydrogen-bond donors (Lipinski definition) is 2. The van der Waals surface area contributed by atoms with Crippen LogP contribution >= 0.6 is 24.0 Å². The molecular weight excluding hydrogens is 441 g/mol. The van der Waals surface area contributed by atoms with Crippen LogP contribution in [0.2, 0.25) is 0 Å². The third kappa shape index (κ3) is 9.78. The Bertz CT molecular complexity index is 529. The van der Waals surface area contributed by atoms with Gasteiger partial charge < -0.3 is 20.3 Å². The number of alkyl halides is 2. The second kappa shape index (κ2) is 13.1. The molecule has 2 N–H and O–H groups in total. The first-order valence-electron chi connectivity index (χ1n) is 8.21. The van der Waals surface area contributed by atoms with Crippen LogP contribution in [0.3, 0.4) is 0 Å². The molecule has 25 heavy (non-hydrogen) atoms. The first-order valence-corrected chi connectivity index (χ1v) is 8.21. The maximum Gasteiger partial charge on any atom is 0.387 e. The summed E-state index contributed by atoms with van der Waals surface area (Å²) in [6.07, 6.45) is 0. The molecule has 0 spiro atoms. The lowest BCUT2D eigenvalue weighted by Crippen LogP contribution is -2.40. The van der Waals surface area contributed by atoms with E-state index in [9.17, 15) is 8.78 Å². The van der Waals surface area contributed by atoms with Gasteiger partial charge in [0, 0.05) is 25.2 Å². The lowest BCUT2D eigenvalue weighted by Gasteiger charge is -2.16. The van der Waals surface area contributed by atoms with Crippen molar-refractivity contribution < 1.29 is 13.5 Å². The van der Waals surface area contributed by atoms with Crippen molar-refractivity contribution >= 4 is 29.9 Å². The van der Waals surface area contributed by atoms with Crippen LogP contribution in [0.15, 0.2) is 23.2 Å². The summed E-state index contributed by atoms with van der Waals surface area (Å²) in [5.41, 5.74) is 1.61. The van der Waals surface area contributed by atoms with Gasteiger partial charge in [-0.3, -0.25) is 0 Å². The SMILES string of the molecule is CCNC(=NCc1cc(C)ccc1OC(F)F)NCCN(C)CC.I. The van der Waals surface area contributed by atoms with Crippen LogP contribution in [0.1, 0.15) is 25.0 Å². The van der Waals surface area contributed by atoms with Crippen LogP contribution in [-0.2, 0) is 6.54 Å². The Morgan fingerprint density at radius 3 is 2.60 bits per heavy atom. The van der Waals surface area contributed by atoms with Gasteiger partial charge in [-0.1, -0.05) is 24.6 Å². The summed E-state index contributed by atoms with van der Waals surface area (Å²) >= 11 is 0. The van der Waals surface area contributed by atoms with E-state index in [4.69, 9.17) is 0 Å². The molecular formula is C17H29F2IN4O. The highest BCUT2D eigenvalue weighted by molar-refractivity contribution is 14.0. The number of nitrogens with one attached hydrogen (secondary N) is 2. The van der Waals surface area contributed by atoms with Gasteiger partial charge in [0.1, 0.15) is 5.75 Å². The molecule has 5 nitrogen and oxygen atoms in total. The molecule has 0 aromatic heterocycles. The van der Waals surface area contributed by atoms with Crippen molar-refractivity contribution in [3.05, 3.63) is 29.3 Å². The van der Waals surface area contributed by atoms with E-state index >= 15 is 0 Å². The van der Waals surface area contributed by atoms with E-state index in [1.165, 1.54) is 0 Å². The van der Waals surface area contributed by atoms with Crippen molar-refractivity contribution in [2.75, 3.05) is 33.2 Å². The molecule has 0 unspecified atom stereocenters. The molecule has 0 aliphatic heterocycles. The number of nitrogens with zero attached hydrogens (tertiary/aromatic N) is 2. The molecule has 1 aromatic carbocycles. The minimum atomic E-state index is -2.84. The fourth-order valence-electron chi connectivity index (χ4n) is 2.07. The second-order valence-electron chi connectivity index (χ2n) is 5.51. The highest BCUT2D eigenvalue weighted by atomic mass is 127. The second-order valence-corrected chi connectivity index (χ2v) is 5.51. The normalized spacial score (nSPS) is 11.4. The van der Waals surface area contributed by atoms with E-state index < -0.39 is 6.61 Å². The van der Waals surface area contributed by atoms with E-state index in [0.717, 1.165) is 31.7 Å². The van der Waals surface area contributed by atoms with Crippen molar-refractivity contribution in [2.45, 2.75) is 33.9 Å². The van der Waals surface area contributed by atoms with Gasteiger partial charge >= 0.3 is 6.61 Å². The number of rotatable bonds is 9. The van der Waals surface area contributed by atoms with E-state index in [1.54, 1.807) is 12.1 Å². The standard InChI is InChI=1S/C17H28F2N4O.HI/c1-5-20-17(21-9-10-23(4)6-2)22-12-14-11-13(3)7-8-15(14)24-16(18)19;/h7-8,11,16H,5-6,9-10,12H2,1-4H3,(H2,20,21,22);1H. The molecule has 0 atom stereocenters. The minimum Gasteiger partial charge on any atom is -0.434 e. The highest BCUT2D eigenvalue weighted by Gasteiger charge is 2.10. The van der Waals surface area contributed by atoms with Gasteiger partial charge in [0.05, 0.1) is 6.54 Å². The molecule has 0 amide bonds. The average Bonchev–Trinajstić information content (AvgIpc) is 2.54. The summed E-state index contributed by atoms with van der Waals surface area (Å²) in [6, 6.07) is 5.12. The Hall–Kier alpha value is -1.16. The lowest BCUT2D eigenvalue weighted by atomic mass is 10.1. The third-order valence-electron chi connectivity index (χ3n) is 3.51. The van der Waals surface area contributed by atoms with E-state index in [1.807, 2.05) is 27.0 Å². The fraction of sp³-hybridized carbons (Fsp3) is 0.588. The molecule has 0 heterocycles. The van der Waals surface area contributed by atoms with E-state index in [2.05, 4.69) is 32.2 Å². The van der Waals surface area contributed by atoms with Crippen LogP contribution < -0.4 is 15.4 Å². The number of aryl methyl sites for hydroxylation is 1. The molecule has 0 saturated carbocycles. The van der Waals surface area contributed by atoms with Gasteiger partial charge in [-0.05, 0) is 33.5 Å². The van der Waals surface area contributed by atoms with Crippen molar-refractivity contribution in [1.29, 1.82) is 0 Å². The van der Waals surface area contributed by atoms with Gasteiger partial charge in [-0.2, -0.15) is 8.78 Å². The van der Waals surface area contributed by atoms with Crippen LogP contribution in [-0.4, -0.2) is 50.7 Å². The summed E-state index contributed by atoms with van der Waals surface area (Å²) in [6.45, 7) is 6.76. The topological polar surface area (TPSA) is 48.9 Å². The average molecular weight is 470 g/mol. The zero-order chi connectivity index (χ0) is 17.9. The Morgan fingerprint density at radius 2 is 2.00 bits per heavy atom. The smallest absolute Gasteiger partial charge is 0.387 e. The Labute approximate surface area is 166 Å². The van der Waals surface area contributed by atoms with Crippen LogP contribution in [0.4, 0.5) is 8.78 Å². The van der Waals surface area contributed by atoms with Gasteiger partial charge in [-0.15, -0.1) is 24.0 Å². The van der Waals surface area contributed by atoms with Gasteiger partial charge in [0.15, 0.2) is 5.96 Å². The molecule has 0 fully saturated rings. The number of hydrogen-bond acceptors (Lipinski definition) is 3. The van der Waals surface area contributed by atoms with Crippen molar-refractivity contribution in [3.63, 3.8) is 0 Å². The predicted molar refractivity (Wildman–Crippen MR) is 109 cm³/mol. The Morgan fingerprint density at radius 1 is 1.28 bits per heavy atom. The van der Waals surface area contributed by atoms with Crippen LogP contribution in [0.5, 0.6) is 5.75 Å². The quantitative estimate of drug-likeness (QED) is 0.331. The Kier molecular flexibility index (Phi) is 12.5. The fourth-order valence-corrected chi connectivity index (χ4v) is 2.07. The number of halogens is 3. The van der Waals surface area contributed by atoms with Gasteiger partial charge in [0.2, 0.25) is 0 Å². The summed E-state index contributed by atoms with van der Waals surface area (Å²) in [7, 11) is 2.05. The molecule has 1 aromatic rings. The molecule has 8 heteroatoms. The zero-order valence-electron chi connectivity index (χ0n) is 15.3. The summed E-state index contributed by atoms with van der Waals surface area (Å²) in [4.78, 5) is 6.65. The third-order valence-corrected chi connectivity index (χ3v) is 3.51. The van der Waals surface area contributed by atoms with Crippen LogP contribution in [0.25, 0.3) is 0 Å². The molecule has 0 aliphatic rings. The largest absolute Gasteiger partial charge is 0.434 e. The molecule has 0 radical (unpaired) electrons. The zero-order valence-corrected chi connectivity index (χ0v) is 17.6. The minimum absolute atomic E-state index is 0. The molecule has 0 aliphatic carbocycles. The first-order chi connectivity index (χ1) is 11.5. The molecule has 0 saturated heterocycles. The van der Waals surface area contributed by atoms with Crippen molar-refractivity contribution in [2.24, 2.45) is 4.99 Å².